The smallest absolute Gasteiger partial charge is 0.0316 e. The van der Waals surface area contributed by atoms with E-state index < -0.39 is 0 Å². The van der Waals surface area contributed by atoms with Crippen molar-refractivity contribution < 1.29 is 0 Å². The second kappa shape index (κ2) is 12.3. The molecule has 1 nitrogen and oxygen atoms in total. The molecule has 0 spiro atoms. The van der Waals surface area contributed by atoms with E-state index in [0.29, 0.717) is 12.1 Å². The highest BCUT2D eigenvalue weighted by molar-refractivity contribution is 5.12. The van der Waals surface area contributed by atoms with Gasteiger partial charge in [-0.15, -0.1) is 0 Å². The topological polar surface area (TPSA) is 12.0 Å². The molecule has 0 aromatic heterocycles. The molecule has 1 N–H and O–H groups in total. The van der Waals surface area contributed by atoms with Gasteiger partial charge in [-0.05, 0) is 81.0 Å². The zero-order chi connectivity index (χ0) is 21.4. The normalized spacial score (nSPS) is 34.0. The van der Waals surface area contributed by atoms with E-state index in [2.05, 4.69) is 53.1 Å². The summed E-state index contributed by atoms with van der Waals surface area (Å²) < 4.78 is 0. The Labute approximate surface area is 183 Å². The first kappa shape index (κ1) is 24.7. The third-order valence-electron chi connectivity index (χ3n) is 8.23. The molecule has 2 saturated carbocycles. The summed E-state index contributed by atoms with van der Waals surface area (Å²) >= 11 is 0. The first-order chi connectivity index (χ1) is 13.8. The maximum Gasteiger partial charge on any atom is 0.0316 e. The van der Waals surface area contributed by atoms with E-state index in [9.17, 15) is 0 Å². The molecule has 7 atom stereocenters. The Kier molecular flexibility index (Phi) is 10.5. The summed E-state index contributed by atoms with van der Waals surface area (Å²) in [5.41, 5.74) is 2.79. The summed E-state index contributed by atoms with van der Waals surface area (Å²) in [5, 5.41) is 4.06. The second-order valence-electron chi connectivity index (χ2n) is 11.0. The average molecular weight is 402 g/mol. The van der Waals surface area contributed by atoms with E-state index in [1.165, 1.54) is 68.9 Å². The van der Waals surface area contributed by atoms with E-state index in [-0.39, 0.29) is 0 Å². The van der Waals surface area contributed by atoms with Gasteiger partial charge in [-0.3, -0.25) is 0 Å². The molecule has 0 bridgehead atoms. The van der Waals surface area contributed by atoms with Crippen molar-refractivity contribution in [2.45, 2.75) is 124 Å². The van der Waals surface area contributed by atoms with Crippen molar-refractivity contribution in [3.63, 3.8) is 0 Å². The second-order valence-corrected chi connectivity index (χ2v) is 11.0. The molecule has 0 unspecified atom stereocenters. The van der Waals surface area contributed by atoms with Gasteiger partial charge in [-0.1, -0.05) is 84.6 Å². The predicted molar refractivity (Wildman–Crippen MR) is 130 cm³/mol. The highest BCUT2D eigenvalue weighted by Gasteiger charge is 2.32. The molecule has 0 heterocycles. The molecule has 2 fully saturated rings. The van der Waals surface area contributed by atoms with Crippen LogP contribution in [0.25, 0.3) is 0 Å². The van der Waals surface area contributed by atoms with Gasteiger partial charge in [0, 0.05) is 12.1 Å². The van der Waals surface area contributed by atoms with Crippen LogP contribution >= 0.6 is 0 Å². The number of hydrogen-bond donors (Lipinski definition) is 1. The fourth-order valence-corrected chi connectivity index (χ4v) is 6.13. The summed E-state index contributed by atoms with van der Waals surface area (Å²) in [6, 6.07) is 1.09. The number of nitrogens with one attached hydrogen (secondary N) is 1. The van der Waals surface area contributed by atoms with Gasteiger partial charge >= 0.3 is 0 Å². The lowest BCUT2D eigenvalue weighted by Gasteiger charge is -2.40. The molecule has 0 radical (unpaired) electrons. The van der Waals surface area contributed by atoms with Gasteiger partial charge in [0.25, 0.3) is 0 Å². The maximum atomic E-state index is 4.45. The molecule has 0 aliphatic heterocycles. The minimum absolute atomic E-state index is 0.429. The monoisotopic (exact) mass is 401 g/mol. The standard InChI is InChI=1S/C28H51N/c1-8-10-20(3)16-28(22(5)11-9-2)29-27-15-14-26(18-24(27)7)19-25-13-12-21(4)23(6)17-25/h21,23-29H,3,5,8-19H2,1-2,4,6-7H3/t21-,23+,24-,25+,26-,27+,28-/m0/s1. The fraction of sp³-hybridized carbons (Fsp3) is 0.857. The lowest BCUT2D eigenvalue weighted by molar-refractivity contribution is 0.141. The predicted octanol–water partition coefficient (Wildman–Crippen LogP) is 8.31. The number of hydrogen-bond acceptors (Lipinski definition) is 1. The first-order valence-corrected chi connectivity index (χ1v) is 12.9. The van der Waals surface area contributed by atoms with Crippen molar-refractivity contribution in [3.8, 4) is 0 Å². The SMILES string of the molecule is C=C(CCC)C[C@H](N[C@@H]1CC[C@H](C[C@@H]2CC[C@H](C)[C@H](C)C2)C[C@@H]1C)C(=C)CCC. The van der Waals surface area contributed by atoms with Crippen molar-refractivity contribution in [1.29, 1.82) is 0 Å². The Morgan fingerprint density at radius 3 is 2.03 bits per heavy atom. The van der Waals surface area contributed by atoms with Crippen molar-refractivity contribution >= 4 is 0 Å². The lowest BCUT2D eigenvalue weighted by Crippen LogP contribution is -2.46. The van der Waals surface area contributed by atoms with Crippen molar-refractivity contribution in [2.24, 2.45) is 29.6 Å². The van der Waals surface area contributed by atoms with Gasteiger partial charge in [0.2, 0.25) is 0 Å². The molecule has 2 aliphatic carbocycles. The van der Waals surface area contributed by atoms with E-state index in [1.807, 2.05) is 0 Å². The van der Waals surface area contributed by atoms with Crippen LogP contribution in [-0.4, -0.2) is 12.1 Å². The molecular weight excluding hydrogens is 350 g/mol. The minimum atomic E-state index is 0.429. The van der Waals surface area contributed by atoms with E-state index in [4.69, 9.17) is 0 Å². The molecule has 2 aliphatic rings. The largest absolute Gasteiger partial charge is 0.307 e. The molecule has 0 saturated heterocycles. The Morgan fingerprint density at radius 1 is 0.828 bits per heavy atom. The van der Waals surface area contributed by atoms with Gasteiger partial charge in [0.1, 0.15) is 0 Å². The van der Waals surface area contributed by atoms with Crippen molar-refractivity contribution in [2.75, 3.05) is 0 Å². The first-order valence-electron chi connectivity index (χ1n) is 12.9. The number of rotatable bonds is 11. The highest BCUT2D eigenvalue weighted by Crippen LogP contribution is 2.40. The van der Waals surface area contributed by atoms with Gasteiger partial charge in [-0.2, -0.15) is 0 Å². The third-order valence-corrected chi connectivity index (χ3v) is 8.23. The molecule has 0 amide bonds. The highest BCUT2D eigenvalue weighted by atomic mass is 15.0. The summed E-state index contributed by atoms with van der Waals surface area (Å²) in [6.07, 6.45) is 15.9. The lowest BCUT2D eigenvalue weighted by atomic mass is 9.69. The Bertz CT molecular complexity index is 506. The average Bonchev–Trinajstić information content (AvgIpc) is 2.66. The Morgan fingerprint density at radius 2 is 1.45 bits per heavy atom. The van der Waals surface area contributed by atoms with Crippen LogP contribution in [0.3, 0.4) is 0 Å². The van der Waals surface area contributed by atoms with Crippen LogP contribution in [0.15, 0.2) is 24.3 Å². The van der Waals surface area contributed by atoms with Crippen LogP contribution in [0.2, 0.25) is 0 Å². The van der Waals surface area contributed by atoms with E-state index in [1.54, 1.807) is 0 Å². The van der Waals surface area contributed by atoms with Crippen molar-refractivity contribution in [3.05, 3.63) is 24.3 Å². The molecular formula is C28H51N. The quantitative estimate of drug-likeness (QED) is 0.343. The van der Waals surface area contributed by atoms with Gasteiger partial charge < -0.3 is 5.32 Å². The third kappa shape index (κ3) is 7.89. The molecule has 0 aromatic rings. The fourth-order valence-electron chi connectivity index (χ4n) is 6.13. The van der Waals surface area contributed by atoms with Crippen LogP contribution in [0.4, 0.5) is 0 Å². The van der Waals surface area contributed by atoms with Crippen molar-refractivity contribution in [1.82, 2.24) is 5.32 Å². The Hall–Kier alpha value is -0.560. The maximum absolute atomic E-state index is 4.45. The summed E-state index contributed by atoms with van der Waals surface area (Å²) in [4.78, 5) is 0. The molecule has 168 valence electrons. The molecule has 2 rings (SSSR count). The van der Waals surface area contributed by atoms with Crippen LogP contribution in [0, 0.1) is 29.6 Å². The van der Waals surface area contributed by atoms with Crippen LogP contribution < -0.4 is 5.32 Å². The molecule has 1 heteroatoms. The van der Waals surface area contributed by atoms with Crippen LogP contribution in [-0.2, 0) is 0 Å². The van der Waals surface area contributed by atoms with E-state index >= 15 is 0 Å². The van der Waals surface area contributed by atoms with Gasteiger partial charge in [0.05, 0.1) is 0 Å². The summed E-state index contributed by atoms with van der Waals surface area (Å²) in [6.45, 7) is 20.8. The zero-order valence-electron chi connectivity index (χ0n) is 20.4. The Balaban J connectivity index is 1.86. The molecule has 0 aromatic carbocycles. The zero-order valence-corrected chi connectivity index (χ0v) is 20.4. The van der Waals surface area contributed by atoms with Gasteiger partial charge in [0.15, 0.2) is 0 Å². The summed E-state index contributed by atoms with van der Waals surface area (Å²) in [5.74, 6) is 4.62. The minimum Gasteiger partial charge on any atom is -0.307 e. The summed E-state index contributed by atoms with van der Waals surface area (Å²) in [7, 11) is 0. The van der Waals surface area contributed by atoms with E-state index in [0.717, 1.165) is 48.9 Å². The molecule has 29 heavy (non-hydrogen) atoms. The van der Waals surface area contributed by atoms with Gasteiger partial charge in [-0.25, -0.2) is 0 Å². The van der Waals surface area contributed by atoms with Crippen LogP contribution in [0.1, 0.15) is 112 Å². The van der Waals surface area contributed by atoms with Crippen LogP contribution in [0.5, 0.6) is 0 Å².